The van der Waals surface area contributed by atoms with E-state index >= 15 is 0 Å². The van der Waals surface area contributed by atoms with Crippen molar-refractivity contribution in [2.45, 2.75) is 45.4 Å². The van der Waals surface area contributed by atoms with Crippen LogP contribution in [0.3, 0.4) is 0 Å². The van der Waals surface area contributed by atoms with Gasteiger partial charge in [-0.05, 0) is 98.3 Å². The van der Waals surface area contributed by atoms with Gasteiger partial charge >= 0.3 is 5.97 Å². The van der Waals surface area contributed by atoms with E-state index in [9.17, 15) is 4.79 Å². The molecule has 1 aromatic heterocycles. The maximum atomic E-state index is 11.5. The molecule has 0 saturated carbocycles. The summed E-state index contributed by atoms with van der Waals surface area (Å²) < 4.78 is 26.2. The molecule has 4 aromatic rings. The molecule has 2 aliphatic rings. The molecule has 43 heavy (non-hydrogen) atoms. The third kappa shape index (κ3) is 6.53. The molecule has 8 nitrogen and oxygen atoms in total. The minimum absolute atomic E-state index is 0.249. The first kappa shape index (κ1) is 29.8. The number of aromatic nitrogens is 1. The minimum Gasteiger partial charge on any atom is -0.497 e. The number of nitrogens with zero attached hydrogens (tertiary/aromatic N) is 1. The molecule has 0 saturated heterocycles. The van der Waals surface area contributed by atoms with Crippen molar-refractivity contribution >= 4 is 28.8 Å². The van der Waals surface area contributed by atoms with Crippen molar-refractivity contribution < 1.29 is 28.5 Å². The van der Waals surface area contributed by atoms with Crippen LogP contribution in [0.15, 0.2) is 65.3 Å². The lowest BCUT2D eigenvalue weighted by molar-refractivity contribution is -0.130. The highest BCUT2D eigenvalue weighted by Crippen LogP contribution is 2.40. The number of benzene rings is 3. The van der Waals surface area contributed by atoms with Crippen LogP contribution in [0.5, 0.6) is 23.0 Å². The van der Waals surface area contributed by atoms with Gasteiger partial charge in [0.25, 0.3) is 0 Å². The summed E-state index contributed by atoms with van der Waals surface area (Å²) in [6, 6.07) is 18.1. The molecule has 0 spiro atoms. The molecule has 224 valence electrons. The van der Waals surface area contributed by atoms with E-state index in [1.807, 2.05) is 12.1 Å². The average molecular weight is 583 g/mol. The van der Waals surface area contributed by atoms with Gasteiger partial charge in [-0.25, -0.2) is 9.79 Å². The zero-order chi connectivity index (χ0) is 30.5. The number of hydrogen-bond donors (Lipinski definition) is 1. The number of esters is 1. The Morgan fingerprint density at radius 2 is 1.63 bits per heavy atom. The van der Waals surface area contributed by atoms with Crippen molar-refractivity contribution in [1.82, 2.24) is 4.98 Å². The molecule has 1 aliphatic carbocycles. The van der Waals surface area contributed by atoms with Crippen molar-refractivity contribution in [3.8, 4) is 23.0 Å². The van der Waals surface area contributed by atoms with Gasteiger partial charge < -0.3 is 28.7 Å². The average Bonchev–Trinajstić information content (AvgIpc) is 3.55. The summed E-state index contributed by atoms with van der Waals surface area (Å²) in [5.41, 5.74) is 7.69. The highest BCUT2D eigenvalue weighted by molar-refractivity contribution is 6.06. The zero-order valence-electron chi connectivity index (χ0n) is 25.6. The Bertz CT molecular complexity index is 1700. The second-order valence-corrected chi connectivity index (χ2v) is 10.7. The number of aryl methyl sites for hydroxylation is 2. The number of fused-ring (bicyclic) bond motifs is 3. The number of ether oxygens (including phenoxy) is 5. The van der Waals surface area contributed by atoms with Gasteiger partial charge in [0.1, 0.15) is 23.0 Å². The third-order valence-corrected chi connectivity index (χ3v) is 7.89. The first-order valence-corrected chi connectivity index (χ1v) is 14.4. The van der Waals surface area contributed by atoms with Crippen molar-refractivity contribution in [2.75, 3.05) is 28.4 Å². The monoisotopic (exact) mass is 582 g/mol. The SMILES string of the molecule is COc1ccc(OC)c(/C=C2\N=C(C)OC2=O)c1.COc1ccc(OC)c(CC2CCCc3c2[nH]c2ccc(C)cc32)c1. The number of carbonyl (C=O) groups excluding carboxylic acids is 1. The Morgan fingerprint density at radius 3 is 2.30 bits per heavy atom. The molecule has 8 heteroatoms. The molecular formula is C35H38N2O6. The first-order chi connectivity index (χ1) is 20.8. The molecule has 0 amide bonds. The van der Waals surface area contributed by atoms with Crippen LogP contribution in [0, 0.1) is 6.92 Å². The predicted molar refractivity (Wildman–Crippen MR) is 169 cm³/mol. The van der Waals surface area contributed by atoms with Crippen LogP contribution < -0.4 is 18.9 Å². The number of cyclic esters (lactones) is 1. The number of aliphatic imine (C=N–C) groups is 1. The Kier molecular flexibility index (Phi) is 9.04. The topological polar surface area (TPSA) is 91.4 Å². The number of methoxy groups -OCH3 is 4. The Balaban J connectivity index is 0.000000181. The van der Waals surface area contributed by atoms with E-state index in [1.165, 1.54) is 52.5 Å². The smallest absolute Gasteiger partial charge is 0.363 e. The van der Waals surface area contributed by atoms with Crippen molar-refractivity contribution in [2.24, 2.45) is 4.99 Å². The summed E-state index contributed by atoms with van der Waals surface area (Å²) in [6.07, 6.45) is 6.20. The van der Waals surface area contributed by atoms with Gasteiger partial charge in [0.2, 0.25) is 0 Å². The molecule has 1 unspecified atom stereocenters. The van der Waals surface area contributed by atoms with Crippen LogP contribution in [-0.4, -0.2) is 45.3 Å². The van der Waals surface area contributed by atoms with E-state index < -0.39 is 5.97 Å². The van der Waals surface area contributed by atoms with Gasteiger partial charge in [0, 0.05) is 35.0 Å². The second-order valence-electron chi connectivity index (χ2n) is 10.7. The Labute approximate surface area is 252 Å². The summed E-state index contributed by atoms with van der Waals surface area (Å²) >= 11 is 0. The van der Waals surface area contributed by atoms with Crippen molar-refractivity contribution in [1.29, 1.82) is 0 Å². The number of H-pyrrole nitrogens is 1. The van der Waals surface area contributed by atoms with Crippen LogP contribution in [-0.2, 0) is 22.4 Å². The van der Waals surface area contributed by atoms with Crippen molar-refractivity contribution in [3.63, 3.8) is 0 Å². The van der Waals surface area contributed by atoms with E-state index in [0.29, 0.717) is 28.9 Å². The zero-order valence-corrected chi connectivity index (χ0v) is 25.6. The predicted octanol–water partition coefficient (Wildman–Crippen LogP) is 7.18. The standard InChI is InChI=1S/C22H25NO2.C13H13NO4/c1-14-7-9-20-19(11-14)18-6-4-5-15(22(18)23-20)12-16-13-17(24-2)8-10-21(16)25-3;1-8-14-11(13(15)18-8)7-9-6-10(16-2)4-5-12(9)17-3/h7-11,13,15,23H,4-6,12H2,1-3H3;4-7H,1-3H3/b;11-7-. The maximum Gasteiger partial charge on any atom is 0.363 e. The molecule has 1 N–H and O–H groups in total. The van der Waals surface area contributed by atoms with Crippen LogP contribution in [0.2, 0.25) is 0 Å². The van der Waals surface area contributed by atoms with Crippen LogP contribution in [0.4, 0.5) is 0 Å². The second kappa shape index (κ2) is 13.1. The van der Waals surface area contributed by atoms with Crippen molar-refractivity contribution in [3.05, 3.63) is 88.2 Å². The van der Waals surface area contributed by atoms with Gasteiger partial charge in [-0.15, -0.1) is 0 Å². The Hall–Kier alpha value is -4.72. The molecule has 0 bridgehead atoms. The van der Waals surface area contributed by atoms with Crippen LogP contribution in [0.1, 0.15) is 53.6 Å². The molecule has 1 atom stereocenters. The fraction of sp³-hybridized carbons (Fsp3) is 0.314. The normalized spacial score (nSPS) is 16.6. The summed E-state index contributed by atoms with van der Waals surface area (Å²) in [5.74, 6) is 3.52. The molecule has 0 fully saturated rings. The minimum atomic E-state index is -0.461. The summed E-state index contributed by atoms with van der Waals surface area (Å²) in [5, 5.41) is 1.40. The van der Waals surface area contributed by atoms with E-state index in [0.717, 1.165) is 17.9 Å². The first-order valence-electron chi connectivity index (χ1n) is 14.4. The lowest BCUT2D eigenvalue weighted by Crippen LogP contribution is -2.12. The van der Waals surface area contributed by atoms with E-state index in [-0.39, 0.29) is 5.70 Å². The van der Waals surface area contributed by atoms with Crippen LogP contribution in [0.25, 0.3) is 17.0 Å². The molecule has 2 heterocycles. The van der Waals surface area contributed by atoms with Gasteiger partial charge in [0.05, 0.1) is 28.4 Å². The lowest BCUT2D eigenvalue weighted by atomic mass is 9.83. The number of hydrogen-bond acceptors (Lipinski definition) is 7. The van der Waals surface area contributed by atoms with Crippen LogP contribution >= 0.6 is 0 Å². The fourth-order valence-corrected chi connectivity index (χ4v) is 5.80. The van der Waals surface area contributed by atoms with E-state index in [4.69, 9.17) is 23.7 Å². The molecule has 0 radical (unpaired) electrons. The number of rotatable bonds is 7. The summed E-state index contributed by atoms with van der Waals surface area (Å²) in [6.45, 7) is 3.79. The number of carbonyl (C=O) groups is 1. The maximum absolute atomic E-state index is 11.5. The fourth-order valence-electron chi connectivity index (χ4n) is 5.80. The summed E-state index contributed by atoms with van der Waals surface area (Å²) in [7, 11) is 6.59. The largest absolute Gasteiger partial charge is 0.497 e. The quantitative estimate of drug-likeness (QED) is 0.183. The number of aromatic amines is 1. The molecule has 3 aromatic carbocycles. The van der Waals surface area contributed by atoms with E-state index in [2.05, 4.69) is 41.2 Å². The molecule has 6 rings (SSSR count). The van der Waals surface area contributed by atoms with Gasteiger partial charge in [-0.1, -0.05) is 11.6 Å². The number of nitrogens with one attached hydrogen (secondary N) is 1. The van der Waals surface area contributed by atoms with Gasteiger partial charge in [-0.3, -0.25) is 0 Å². The molecular weight excluding hydrogens is 544 g/mol. The van der Waals surface area contributed by atoms with Gasteiger partial charge in [0.15, 0.2) is 11.6 Å². The summed E-state index contributed by atoms with van der Waals surface area (Å²) in [4.78, 5) is 19.2. The third-order valence-electron chi connectivity index (χ3n) is 7.89. The van der Waals surface area contributed by atoms with Gasteiger partial charge in [-0.2, -0.15) is 0 Å². The Morgan fingerprint density at radius 1 is 0.907 bits per heavy atom. The lowest BCUT2D eigenvalue weighted by Gasteiger charge is -2.24. The molecule has 1 aliphatic heterocycles. The highest BCUT2D eigenvalue weighted by atomic mass is 16.6. The highest BCUT2D eigenvalue weighted by Gasteiger charge is 2.26. The van der Waals surface area contributed by atoms with E-state index in [1.54, 1.807) is 59.6 Å².